The minimum absolute atomic E-state index is 0.564. The van der Waals surface area contributed by atoms with Gasteiger partial charge in [-0.15, -0.1) is 0 Å². The van der Waals surface area contributed by atoms with Crippen LogP contribution in [-0.2, 0) is 27.4 Å². The molecule has 1 rings (SSSR count). The molecule has 1 N–H and O–H groups in total. The maximum atomic E-state index is 5.53. The molecule has 0 aliphatic carbocycles. The molecule has 104 valence electrons. The maximum Gasteiger partial charge on any atom is 0.123 e. The van der Waals surface area contributed by atoms with Crippen molar-refractivity contribution in [2.24, 2.45) is 0 Å². The first-order chi connectivity index (χ1) is 8.88. The van der Waals surface area contributed by atoms with E-state index >= 15 is 0 Å². The van der Waals surface area contributed by atoms with Crippen molar-refractivity contribution in [2.45, 2.75) is 19.6 Å². The Bertz CT molecular complexity index is 301. The highest BCUT2D eigenvalue weighted by molar-refractivity contribution is 5.15. The molecule has 1 aromatic rings. The highest BCUT2D eigenvalue weighted by Crippen LogP contribution is 2.11. The number of nitrogens with one attached hydrogen (secondary N) is 1. The molecule has 1 heterocycles. The lowest BCUT2D eigenvalue weighted by Crippen LogP contribution is -2.09. The summed E-state index contributed by atoms with van der Waals surface area (Å²) in [6.07, 6.45) is 2.61. The van der Waals surface area contributed by atoms with Gasteiger partial charge in [0, 0.05) is 25.9 Å². The Morgan fingerprint density at radius 1 is 1.17 bits per heavy atom. The molecule has 0 aromatic carbocycles. The highest BCUT2D eigenvalue weighted by Gasteiger charge is 2.04. The fraction of sp³-hybridized carbons (Fsp3) is 0.692. The molecule has 0 fully saturated rings. The van der Waals surface area contributed by atoms with E-state index in [1.807, 2.05) is 13.1 Å². The fourth-order valence-corrected chi connectivity index (χ4v) is 1.52. The Morgan fingerprint density at radius 2 is 2.00 bits per heavy atom. The van der Waals surface area contributed by atoms with Crippen molar-refractivity contribution in [1.82, 2.24) is 5.32 Å². The number of hydrogen-bond acceptors (Lipinski definition) is 5. The Hall–Kier alpha value is -0.880. The largest absolute Gasteiger partial charge is 0.468 e. The van der Waals surface area contributed by atoms with Gasteiger partial charge in [0.25, 0.3) is 0 Å². The lowest BCUT2D eigenvalue weighted by molar-refractivity contribution is 0.0333. The van der Waals surface area contributed by atoms with E-state index in [-0.39, 0.29) is 0 Å². The van der Waals surface area contributed by atoms with Gasteiger partial charge in [0.2, 0.25) is 0 Å². The normalized spacial score (nSPS) is 11.0. The molecule has 5 nitrogen and oxygen atoms in total. The van der Waals surface area contributed by atoms with Gasteiger partial charge in [-0.25, -0.2) is 0 Å². The summed E-state index contributed by atoms with van der Waals surface area (Å²) in [5.74, 6) is 0.929. The molecular formula is C13H23NO4. The van der Waals surface area contributed by atoms with Crippen LogP contribution in [0, 0.1) is 0 Å². The third-order valence-electron chi connectivity index (χ3n) is 2.44. The van der Waals surface area contributed by atoms with Gasteiger partial charge in [0.15, 0.2) is 0 Å². The zero-order valence-electron chi connectivity index (χ0n) is 11.2. The van der Waals surface area contributed by atoms with Gasteiger partial charge in [-0.2, -0.15) is 0 Å². The quantitative estimate of drug-likeness (QED) is 0.610. The van der Waals surface area contributed by atoms with Crippen LogP contribution in [0.1, 0.15) is 17.7 Å². The zero-order valence-corrected chi connectivity index (χ0v) is 11.2. The summed E-state index contributed by atoms with van der Waals surface area (Å²) in [5.41, 5.74) is 1.09. The SMILES string of the molecule is CNCc1occc1COCCOCCCOC. The lowest BCUT2D eigenvalue weighted by Gasteiger charge is -2.06. The van der Waals surface area contributed by atoms with Crippen LogP contribution < -0.4 is 5.32 Å². The molecule has 0 radical (unpaired) electrons. The van der Waals surface area contributed by atoms with Gasteiger partial charge < -0.3 is 23.9 Å². The van der Waals surface area contributed by atoms with E-state index in [1.165, 1.54) is 0 Å². The summed E-state index contributed by atoms with van der Waals surface area (Å²) < 4.78 is 21.2. The molecule has 0 amide bonds. The van der Waals surface area contributed by atoms with E-state index in [9.17, 15) is 0 Å². The van der Waals surface area contributed by atoms with Crippen LogP contribution in [-0.4, -0.2) is 40.6 Å². The van der Waals surface area contributed by atoms with E-state index in [0.717, 1.165) is 30.9 Å². The number of furan rings is 1. The number of ether oxygens (including phenoxy) is 3. The molecule has 0 aliphatic rings. The molecule has 1 aromatic heterocycles. The van der Waals surface area contributed by atoms with Crippen LogP contribution in [0.15, 0.2) is 16.7 Å². The van der Waals surface area contributed by atoms with Gasteiger partial charge in [-0.05, 0) is 19.5 Å². The molecule has 0 aliphatic heterocycles. The average molecular weight is 257 g/mol. The summed E-state index contributed by atoms with van der Waals surface area (Å²) in [7, 11) is 3.58. The van der Waals surface area contributed by atoms with Crippen molar-refractivity contribution in [1.29, 1.82) is 0 Å². The van der Waals surface area contributed by atoms with Gasteiger partial charge in [0.05, 0.1) is 32.6 Å². The molecule has 0 saturated carbocycles. The second kappa shape index (κ2) is 10.1. The summed E-state index contributed by atoms with van der Waals surface area (Å²) in [4.78, 5) is 0. The van der Waals surface area contributed by atoms with Gasteiger partial charge >= 0.3 is 0 Å². The Labute approximate surface area is 108 Å². The topological polar surface area (TPSA) is 52.9 Å². The van der Waals surface area contributed by atoms with Crippen LogP contribution in [0.5, 0.6) is 0 Å². The molecule has 0 spiro atoms. The summed E-state index contributed by atoms with van der Waals surface area (Å²) in [5, 5.41) is 3.05. The molecule has 0 atom stereocenters. The smallest absolute Gasteiger partial charge is 0.123 e. The number of rotatable bonds is 11. The molecular weight excluding hydrogens is 234 g/mol. The van der Waals surface area contributed by atoms with Crippen molar-refractivity contribution in [3.05, 3.63) is 23.7 Å². The standard InChI is InChI=1S/C13H23NO4/c1-14-10-13-12(4-7-18-13)11-17-9-8-16-6-3-5-15-2/h4,7,14H,3,5-6,8-11H2,1-2H3. The number of hydrogen-bond donors (Lipinski definition) is 1. The van der Waals surface area contributed by atoms with E-state index in [4.69, 9.17) is 18.6 Å². The van der Waals surface area contributed by atoms with Crippen molar-refractivity contribution in [3.63, 3.8) is 0 Å². The molecule has 0 unspecified atom stereocenters. The van der Waals surface area contributed by atoms with E-state index in [2.05, 4.69) is 5.32 Å². The first-order valence-corrected chi connectivity index (χ1v) is 6.22. The summed E-state index contributed by atoms with van der Waals surface area (Å²) >= 11 is 0. The Kier molecular flexibility index (Phi) is 8.50. The second-order valence-electron chi connectivity index (χ2n) is 3.91. The van der Waals surface area contributed by atoms with Crippen molar-refractivity contribution in [3.8, 4) is 0 Å². The Morgan fingerprint density at radius 3 is 2.78 bits per heavy atom. The molecule has 18 heavy (non-hydrogen) atoms. The van der Waals surface area contributed by atoms with Crippen LogP contribution in [0.4, 0.5) is 0 Å². The van der Waals surface area contributed by atoms with Gasteiger partial charge in [-0.3, -0.25) is 0 Å². The van der Waals surface area contributed by atoms with E-state index in [1.54, 1.807) is 13.4 Å². The third-order valence-corrected chi connectivity index (χ3v) is 2.44. The molecule has 0 saturated heterocycles. The second-order valence-corrected chi connectivity index (χ2v) is 3.91. The molecule has 5 heteroatoms. The molecule has 0 bridgehead atoms. The Balaban J connectivity index is 2.01. The first-order valence-electron chi connectivity index (χ1n) is 6.22. The van der Waals surface area contributed by atoms with E-state index in [0.29, 0.717) is 26.4 Å². The van der Waals surface area contributed by atoms with Crippen molar-refractivity contribution in [2.75, 3.05) is 40.6 Å². The maximum absolute atomic E-state index is 5.53. The predicted octanol–water partition coefficient (Wildman–Crippen LogP) is 1.57. The predicted molar refractivity (Wildman–Crippen MR) is 68.4 cm³/mol. The summed E-state index contributed by atoms with van der Waals surface area (Å²) in [6.45, 7) is 3.95. The van der Waals surface area contributed by atoms with Crippen LogP contribution in [0.2, 0.25) is 0 Å². The summed E-state index contributed by atoms with van der Waals surface area (Å²) in [6, 6.07) is 1.94. The van der Waals surface area contributed by atoms with Gasteiger partial charge in [0.1, 0.15) is 5.76 Å². The highest BCUT2D eigenvalue weighted by atomic mass is 16.5. The van der Waals surface area contributed by atoms with Gasteiger partial charge in [-0.1, -0.05) is 0 Å². The first kappa shape index (κ1) is 15.2. The van der Waals surface area contributed by atoms with Crippen molar-refractivity contribution >= 4 is 0 Å². The van der Waals surface area contributed by atoms with Crippen LogP contribution >= 0.6 is 0 Å². The zero-order chi connectivity index (χ0) is 13.1. The fourth-order valence-electron chi connectivity index (χ4n) is 1.52. The average Bonchev–Trinajstić information content (AvgIpc) is 2.81. The number of methoxy groups -OCH3 is 1. The van der Waals surface area contributed by atoms with Crippen molar-refractivity contribution < 1.29 is 18.6 Å². The third kappa shape index (κ3) is 6.16. The van der Waals surface area contributed by atoms with E-state index < -0.39 is 0 Å². The van der Waals surface area contributed by atoms with Crippen LogP contribution in [0.25, 0.3) is 0 Å². The van der Waals surface area contributed by atoms with Crippen LogP contribution in [0.3, 0.4) is 0 Å². The lowest BCUT2D eigenvalue weighted by atomic mass is 10.2. The minimum Gasteiger partial charge on any atom is -0.468 e. The minimum atomic E-state index is 0.564. The monoisotopic (exact) mass is 257 g/mol.